The van der Waals surface area contributed by atoms with Gasteiger partial charge >= 0.3 is 0 Å². The topological polar surface area (TPSA) is 62.8 Å². The molecule has 202 valence electrons. The van der Waals surface area contributed by atoms with Crippen molar-refractivity contribution < 1.29 is 14.3 Å². The number of fused-ring (bicyclic) bond motifs is 1. The number of benzene rings is 3. The van der Waals surface area contributed by atoms with Crippen molar-refractivity contribution in [2.24, 2.45) is 0 Å². The highest BCUT2D eigenvalue weighted by Gasteiger charge is 2.29. The summed E-state index contributed by atoms with van der Waals surface area (Å²) in [5.74, 6) is 1.49. The van der Waals surface area contributed by atoms with E-state index in [4.69, 9.17) is 9.47 Å². The second-order valence-electron chi connectivity index (χ2n) is 9.94. The normalized spacial score (nSPS) is 15.0. The molecular weight excluding hydrogens is 474 g/mol. The van der Waals surface area contributed by atoms with E-state index in [2.05, 4.69) is 46.7 Å². The summed E-state index contributed by atoms with van der Waals surface area (Å²) in [6, 6.07) is 23.0. The fourth-order valence-electron chi connectivity index (χ4n) is 5.18. The number of unbranched alkanes of at least 4 members (excludes halogenated alkanes) is 2. The van der Waals surface area contributed by atoms with Crippen molar-refractivity contribution in [3.05, 3.63) is 89.0 Å². The first-order valence-electron chi connectivity index (χ1n) is 13.7. The van der Waals surface area contributed by atoms with E-state index in [0.717, 1.165) is 48.6 Å². The lowest BCUT2D eigenvalue weighted by atomic mass is 9.88. The Morgan fingerprint density at radius 2 is 1.76 bits per heavy atom. The maximum absolute atomic E-state index is 13.0. The molecule has 38 heavy (non-hydrogen) atoms. The van der Waals surface area contributed by atoms with Crippen LogP contribution in [0.2, 0.25) is 0 Å². The first-order chi connectivity index (χ1) is 18.6. The summed E-state index contributed by atoms with van der Waals surface area (Å²) in [7, 11) is 3.31. The van der Waals surface area contributed by atoms with Gasteiger partial charge in [0.1, 0.15) is 0 Å². The first-order valence-corrected chi connectivity index (χ1v) is 13.7. The van der Waals surface area contributed by atoms with Crippen LogP contribution in [-0.2, 0) is 24.2 Å². The highest BCUT2D eigenvalue weighted by atomic mass is 16.5. The molecule has 0 radical (unpaired) electrons. The number of carbonyl (C=O) groups is 1. The monoisotopic (exact) mass is 515 g/mol. The Labute approximate surface area is 227 Å². The number of rotatable bonds is 13. The van der Waals surface area contributed by atoms with E-state index in [9.17, 15) is 4.79 Å². The molecule has 0 spiro atoms. The van der Waals surface area contributed by atoms with Crippen molar-refractivity contribution >= 4 is 11.6 Å². The predicted molar refractivity (Wildman–Crippen MR) is 154 cm³/mol. The van der Waals surface area contributed by atoms with Gasteiger partial charge in [-0.2, -0.15) is 0 Å². The van der Waals surface area contributed by atoms with Crippen LogP contribution < -0.4 is 20.1 Å². The minimum Gasteiger partial charge on any atom is -0.493 e. The summed E-state index contributed by atoms with van der Waals surface area (Å²) >= 11 is 0. The molecule has 0 aliphatic carbocycles. The maximum atomic E-state index is 13.0. The maximum Gasteiger partial charge on any atom is 0.234 e. The number of hydrogen-bond donors (Lipinski definition) is 2. The summed E-state index contributed by atoms with van der Waals surface area (Å²) in [4.78, 5) is 15.3. The Hall–Kier alpha value is -3.51. The van der Waals surface area contributed by atoms with Crippen molar-refractivity contribution in [1.29, 1.82) is 0 Å². The largest absolute Gasteiger partial charge is 0.493 e. The lowest BCUT2D eigenvalue weighted by molar-refractivity contribution is -0.123. The van der Waals surface area contributed by atoms with Crippen LogP contribution in [0.25, 0.3) is 0 Å². The van der Waals surface area contributed by atoms with Crippen LogP contribution in [0.1, 0.15) is 54.5 Å². The summed E-state index contributed by atoms with van der Waals surface area (Å²) < 4.78 is 11.0. The predicted octanol–water partition coefficient (Wildman–Crippen LogP) is 5.76. The molecule has 1 aliphatic rings. The number of nitrogens with one attached hydrogen (secondary N) is 2. The van der Waals surface area contributed by atoms with Crippen LogP contribution >= 0.6 is 0 Å². The van der Waals surface area contributed by atoms with Gasteiger partial charge in [0.15, 0.2) is 11.5 Å². The highest BCUT2D eigenvalue weighted by Crippen LogP contribution is 2.36. The van der Waals surface area contributed by atoms with Crippen LogP contribution in [0.15, 0.2) is 66.7 Å². The molecule has 4 rings (SSSR count). The van der Waals surface area contributed by atoms with Gasteiger partial charge < -0.3 is 20.1 Å². The Kier molecular flexibility index (Phi) is 10.0. The molecule has 1 atom stereocenters. The minimum atomic E-state index is 0.0452. The number of ether oxygens (including phenoxy) is 2. The summed E-state index contributed by atoms with van der Waals surface area (Å²) in [5, 5.41) is 6.69. The van der Waals surface area contributed by atoms with E-state index in [0.29, 0.717) is 13.1 Å². The molecule has 0 aromatic heterocycles. The average molecular weight is 516 g/mol. The molecule has 6 heteroatoms. The molecule has 0 saturated heterocycles. The van der Waals surface area contributed by atoms with Crippen LogP contribution in [0.4, 0.5) is 5.69 Å². The lowest BCUT2D eigenvalue weighted by Crippen LogP contribution is -2.43. The van der Waals surface area contributed by atoms with Gasteiger partial charge in [-0.1, -0.05) is 62.2 Å². The van der Waals surface area contributed by atoms with E-state index in [-0.39, 0.29) is 11.9 Å². The number of hydrogen-bond acceptors (Lipinski definition) is 5. The van der Waals surface area contributed by atoms with Crippen LogP contribution in [-0.4, -0.2) is 44.7 Å². The van der Waals surface area contributed by atoms with Gasteiger partial charge in [-0.25, -0.2) is 0 Å². The SMILES string of the molecule is CCCCCNc1ccc2c(c1)CCN(CC(=O)NCc1ccccc1)C2Cc1ccc(OC)c(OC)c1. The van der Waals surface area contributed by atoms with Crippen molar-refractivity contribution in [1.82, 2.24) is 10.2 Å². The number of anilines is 1. The number of nitrogens with zero attached hydrogens (tertiary/aromatic N) is 1. The van der Waals surface area contributed by atoms with Crippen LogP contribution in [0.5, 0.6) is 11.5 Å². The van der Waals surface area contributed by atoms with E-state index in [1.54, 1.807) is 14.2 Å². The highest BCUT2D eigenvalue weighted by molar-refractivity contribution is 5.78. The zero-order valence-electron chi connectivity index (χ0n) is 23.0. The van der Waals surface area contributed by atoms with Gasteiger partial charge in [0.2, 0.25) is 5.91 Å². The molecule has 2 N–H and O–H groups in total. The third-order valence-electron chi connectivity index (χ3n) is 7.28. The third-order valence-corrected chi connectivity index (χ3v) is 7.28. The van der Waals surface area contributed by atoms with Crippen molar-refractivity contribution in [2.45, 2.75) is 51.6 Å². The molecule has 1 heterocycles. The second-order valence-corrected chi connectivity index (χ2v) is 9.94. The third kappa shape index (κ3) is 7.29. The fourth-order valence-corrected chi connectivity index (χ4v) is 5.18. The zero-order valence-corrected chi connectivity index (χ0v) is 23.0. The molecule has 0 bridgehead atoms. The summed E-state index contributed by atoms with van der Waals surface area (Å²) in [6.07, 6.45) is 5.35. The molecule has 3 aromatic carbocycles. The van der Waals surface area contributed by atoms with E-state index < -0.39 is 0 Å². The molecule has 0 fully saturated rings. The second kappa shape index (κ2) is 13.9. The first kappa shape index (κ1) is 27.5. The summed E-state index contributed by atoms with van der Waals surface area (Å²) in [6.45, 7) is 4.96. The van der Waals surface area contributed by atoms with Gasteiger partial charge in [-0.3, -0.25) is 9.69 Å². The molecule has 6 nitrogen and oxygen atoms in total. The Balaban J connectivity index is 1.52. The Morgan fingerprint density at radius 3 is 2.53 bits per heavy atom. The van der Waals surface area contributed by atoms with E-state index in [1.165, 1.54) is 36.1 Å². The van der Waals surface area contributed by atoms with Gasteiger partial charge in [0, 0.05) is 31.4 Å². The van der Waals surface area contributed by atoms with Gasteiger partial charge in [-0.15, -0.1) is 0 Å². The van der Waals surface area contributed by atoms with Crippen LogP contribution in [0.3, 0.4) is 0 Å². The Morgan fingerprint density at radius 1 is 0.947 bits per heavy atom. The van der Waals surface area contributed by atoms with E-state index >= 15 is 0 Å². The molecule has 1 unspecified atom stereocenters. The van der Waals surface area contributed by atoms with Crippen molar-refractivity contribution in [3.8, 4) is 11.5 Å². The standard InChI is InChI=1S/C32H41N3O3/c1-4-5-9-17-33-27-13-14-28-26(21-27)16-18-35(23-32(36)34-22-24-10-7-6-8-11-24)29(28)19-25-12-15-30(37-2)31(20-25)38-3/h6-8,10-15,20-21,29,33H,4-5,9,16-19,22-23H2,1-3H3,(H,34,36). The lowest BCUT2D eigenvalue weighted by Gasteiger charge is -2.37. The fraction of sp³-hybridized carbons (Fsp3) is 0.406. The van der Waals surface area contributed by atoms with Crippen molar-refractivity contribution in [3.63, 3.8) is 0 Å². The molecule has 3 aromatic rings. The van der Waals surface area contributed by atoms with Crippen molar-refractivity contribution in [2.75, 3.05) is 39.2 Å². The average Bonchev–Trinajstić information content (AvgIpc) is 2.95. The number of methoxy groups -OCH3 is 2. The van der Waals surface area contributed by atoms with E-state index in [1.807, 2.05) is 42.5 Å². The smallest absolute Gasteiger partial charge is 0.234 e. The number of carbonyl (C=O) groups excluding carboxylic acids is 1. The van der Waals surface area contributed by atoms with Gasteiger partial charge in [0.25, 0.3) is 0 Å². The molecule has 1 amide bonds. The van der Waals surface area contributed by atoms with Gasteiger partial charge in [0.05, 0.1) is 20.8 Å². The molecular formula is C32H41N3O3. The molecule has 1 aliphatic heterocycles. The van der Waals surface area contributed by atoms with Gasteiger partial charge in [-0.05, 0) is 65.8 Å². The minimum absolute atomic E-state index is 0.0452. The van der Waals surface area contributed by atoms with Crippen LogP contribution in [0, 0.1) is 0 Å². The number of amides is 1. The summed E-state index contributed by atoms with van der Waals surface area (Å²) in [5.41, 5.74) is 6.08. The molecule has 0 saturated carbocycles. The Bertz CT molecular complexity index is 1180. The quantitative estimate of drug-likeness (QED) is 0.283. The zero-order chi connectivity index (χ0) is 26.7.